The summed E-state index contributed by atoms with van der Waals surface area (Å²) in [6.45, 7) is 1.45. The van der Waals surface area contributed by atoms with Crippen LogP contribution in [0.25, 0.3) is 11.1 Å². The van der Waals surface area contributed by atoms with Crippen molar-refractivity contribution >= 4 is 23.4 Å². The summed E-state index contributed by atoms with van der Waals surface area (Å²) in [6.07, 6.45) is -0.501. The lowest BCUT2D eigenvalue weighted by molar-refractivity contribution is 0.158. The number of benzene rings is 3. The first-order valence-corrected chi connectivity index (χ1v) is 10.6. The fourth-order valence-corrected chi connectivity index (χ4v) is 4.24. The van der Waals surface area contributed by atoms with Crippen LogP contribution >= 0.6 is 11.6 Å². The Labute approximate surface area is 187 Å². The summed E-state index contributed by atoms with van der Waals surface area (Å²) in [6, 6.07) is 21.8. The van der Waals surface area contributed by atoms with E-state index in [0.29, 0.717) is 23.8 Å². The maximum atomic E-state index is 12.5. The molecule has 0 spiro atoms. The fourth-order valence-electron chi connectivity index (χ4n) is 4.07. The van der Waals surface area contributed by atoms with Gasteiger partial charge in [0.1, 0.15) is 6.61 Å². The third kappa shape index (κ3) is 4.74. The van der Waals surface area contributed by atoms with Gasteiger partial charge in [0.2, 0.25) is 0 Å². The van der Waals surface area contributed by atoms with Crippen molar-refractivity contribution in [1.82, 2.24) is 4.90 Å². The van der Waals surface area contributed by atoms with Gasteiger partial charge in [0.05, 0.1) is 6.61 Å². The normalized spacial score (nSPS) is 12.5. The van der Waals surface area contributed by atoms with E-state index in [1.54, 1.807) is 12.1 Å². The Morgan fingerprint density at radius 2 is 1.71 bits per heavy atom. The zero-order valence-corrected chi connectivity index (χ0v) is 18.1. The average molecular weight is 437 g/mol. The first-order chi connectivity index (χ1) is 15.1. The largest absolute Gasteiger partial charge is 0.448 e. The van der Waals surface area contributed by atoms with Crippen molar-refractivity contribution < 1.29 is 14.6 Å². The lowest BCUT2D eigenvalue weighted by atomic mass is 9.98. The number of anilines is 1. The number of nitrogens with one attached hydrogen (secondary N) is 1. The lowest BCUT2D eigenvalue weighted by Crippen LogP contribution is -2.22. The van der Waals surface area contributed by atoms with Gasteiger partial charge in [0.15, 0.2) is 0 Å². The number of aliphatic hydroxyl groups excluding tert-OH is 1. The Kier molecular flexibility index (Phi) is 6.56. The van der Waals surface area contributed by atoms with Gasteiger partial charge in [0.25, 0.3) is 0 Å². The van der Waals surface area contributed by atoms with Crippen molar-refractivity contribution in [3.8, 4) is 11.1 Å². The topological polar surface area (TPSA) is 61.8 Å². The predicted octanol–water partition coefficient (Wildman–Crippen LogP) is 5.13. The van der Waals surface area contributed by atoms with E-state index < -0.39 is 6.09 Å². The Balaban J connectivity index is 1.42. The van der Waals surface area contributed by atoms with E-state index in [-0.39, 0.29) is 19.1 Å². The molecule has 1 aliphatic rings. The van der Waals surface area contributed by atoms with Crippen molar-refractivity contribution in [2.75, 3.05) is 32.1 Å². The highest BCUT2D eigenvalue weighted by Gasteiger charge is 2.29. The zero-order valence-electron chi connectivity index (χ0n) is 17.3. The van der Waals surface area contributed by atoms with E-state index in [2.05, 4.69) is 29.6 Å². The summed E-state index contributed by atoms with van der Waals surface area (Å²) in [5.74, 6) is 0.0195. The second kappa shape index (κ2) is 9.52. The summed E-state index contributed by atoms with van der Waals surface area (Å²) in [7, 11) is 1.90. The van der Waals surface area contributed by atoms with Crippen molar-refractivity contribution in [2.24, 2.45) is 0 Å². The minimum atomic E-state index is -0.501. The van der Waals surface area contributed by atoms with E-state index >= 15 is 0 Å². The number of rotatable bonds is 7. The number of carbonyl (C=O) groups is 1. The van der Waals surface area contributed by atoms with E-state index in [0.717, 1.165) is 5.56 Å². The molecular weight excluding hydrogens is 412 g/mol. The van der Waals surface area contributed by atoms with Crippen molar-refractivity contribution in [3.63, 3.8) is 0 Å². The number of likely N-dealkylation sites (N-methyl/N-ethyl adjacent to an activating group) is 1. The molecule has 3 aromatic rings. The molecule has 0 fully saturated rings. The highest BCUT2D eigenvalue weighted by molar-refractivity contribution is 6.31. The zero-order chi connectivity index (χ0) is 21.8. The number of hydrogen-bond acceptors (Lipinski definition) is 4. The fraction of sp³-hybridized carbons (Fsp3) is 0.240. The second-order valence-electron chi connectivity index (χ2n) is 7.72. The van der Waals surface area contributed by atoms with Crippen LogP contribution in [0.1, 0.15) is 22.6 Å². The molecule has 2 N–H and O–H groups in total. The number of nitrogens with zero attached hydrogens (tertiary/aromatic N) is 1. The summed E-state index contributed by atoms with van der Waals surface area (Å²) in [5.41, 5.74) is 6.24. The molecule has 31 heavy (non-hydrogen) atoms. The molecule has 0 bridgehead atoms. The molecular formula is C25H25ClN2O3. The SMILES string of the molecule is CN(CCO)Cc1cc(NC(=O)OCC2c3ccccc3-c3ccccc32)ccc1Cl. The Bertz CT molecular complexity index is 1040. The van der Waals surface area contributed by atoms with E-state index in [4.69, 9.17) is 21.4 Å². The summed E-state index contributed by atoms with van der Waals surface area (Å²) >= 11 is 6.29. The molecule has 0 heterocycles. The van der Waals surface area contributed by atoms with Gasteiger partial charge >= 0.3 is 6.09 Å². The number of carbonyl (C=O) groups excluding carboxylic acids is 1. The van der Waals surface area contributed by atoms with Crippen molar-refractivity contribution in [2.45, 2.75) is 12.5 Å². The first-order valence-electron chi connectivity index (χ1n) is 10.3. The minimum Gasteiger partial charge on any atom is -0.448 e. The van der Waals surface area contributed by atoms with E-state index in [1.807, 2.05) is 42.3 Å². The van der Waals surface area contributed by atoms with Gasteiger partial charge in [-0.1, -0.05) is 60.1 Å². The molecule has 1 amide bonds. The average Bonchev–Trinajstić information content (AvgIpc) is 3.09. The first kappa shape index (κ1) is 21.4. The highest BCUT2D eigenvalue weighted by Crippen LogP contribution is 2.44. The smallest absolute Gasteiger partial charge is 0.411 e. The number of aliphatic hydroxyl groups is 1. The summed E-state index contributed by atoms with van der Waals surface area (Å²) in [4.78, 5) is 14.5. The van der Waals surface area contributed by atoms with Crippen LogP contribution in [0.3, 0.4) is 0 Å². The number of amides is 1. The van der Waals surface area contributed by atoms with Gasteiger partial charge in [0, 0.05) is 29.7 Å². The number of ether oxygens (including phenoxy) is 1. The highest BCUT2D eigenvalue weighted by atomic mass is 35.5. The Morgan fingerprint density at radius 1 is 1.06 bits per heavy atom. The van der Waals surface area contributed by atoms with Gasteiger partial charge in [-0.05, 0) is 53.1 Å². The molecule has 5 nitrogen and oxygen atoms in total. The van der Waals surface area contributed by atoms with Crippen LogP contribution < -0.4 is 5.32 Å². The summed E-state index contributed by atoms with van der Waals surface area (Å²) < 4.78 is 5.61. The minimum absolute atomic E-state index is 0.0195. The standard InChI is InChI=1S/C25H25ClN2O3/c1-28(12-13-29)15-17-14-18(10-11-24(17)26)27-25(30)31-16-23-21-8-4-2-6-19(21)20-7-3-5-9-22(20)23/h2-11,14,23,29H,12-13,15-16H2,1H3,(H,27,30). The number of fused-ring (bicyclic) bond motifs is 3. The number of hydrogen-bond donors (Lipinski definition) is 2. The summed E-state index contributed by atoms with van der Waals surface area (Å²) in [5, 5.41) is 12.5. The molecule has 0 aromatic heterocycles. The van der Waals surface area contributed by atoms with E-state index in [1.165, 1.54) is 22.3 Å². The molecule has 6 heteroatoms. The monoisotopic (exact) mass is 436 g/mol. The van der Waals surface area contributed by atoms with Crippen LogP contribution in [0.5, 0.6) is 0 Å². The third-order valence-corrected chi connectivity index (χ3v) is 5.93. The molecule has 0 atom stereocenters. The number of halogens is 1. The maximum absolute atomic E-state index is 12.5. The second-order valence-corrected chi connectivity index (χ2v) is 8.13. The van der Waals surface area contributed by atoms with Crippen LogP contribution in [-0.2, 0) is 11.3 Å². The molecule has 0 aliphatic heterocycles. The Morgan fingerprint density at radius 3 is 2.35 bits per heavy atom. The van der Waals surface area contributed by atoms with Crippen LogP contribution in [0, 0.1) is 0 Å². The van der Waals surface area contributed by atoms with Gasteiger partial charge in [-0.2, -0.15) is 0 Å². The lowest BCUT2D eigenvalue weighted by Gasteiger charge is -2.17. The van der Waals surface area contributed by atoms with Gasteiger partial charge in [-0.3, -0.25) is 10.2 Å². The quantitative estimate of drug-likeness (QED) is 0.539. The van der Waals surface area contributed by atoms with Crippen molar-refractivity contribution in [3.05, 3.63) is 88.4 Å². The van der Waals surface area contributed by atoms with Gasteiger partial charge < -0.3 is 9.84 Å². The van der Waals surface area contributed by atoms with E-state index in [9.17, 15) is 4.79 Å². The molecule has 0 saturated carbocycles. The predicted molar refractivity (Wildman–Crippen MR) is 124 cm³/mol. The third-order valence-electron chi connectivity index (χ3n) is 5.56. The molecule has 1 aliphatic carbocycles. The van der Waals surface area contributed by atoms with Crippen molar-refractivity contribution in [1.29, 1.82) is 0 Å². The van der Waals surface area contributed by atoms with Crippen LogP contribution in [-0.4, -0.2) is 42.9 Å². The maximum Gasteiger partial charge on any atom is 0.411 e. The molecule has 3 aromatic carbocycles. The molecule has 4 rings (SSSR count). The van der Waals surface area contributed by atoms with Gasteiger partial charge in [-0.25, -0.2) is 4.79 Å². The molecule has 0 saturated heterocycles. The van der Waals surface area contributed by atoms with Gasteiger partial charge in [-0.15, -0.1) is 0 Å². The van der Waals surface area contributed by atoms with Crippen LogP contribution in [0.15, 0.2) is 66.7 Å². The molecule has 0 unspecified atom stereocenters. The molecule has 0 radical (unpaired) electrons. The Hall–Kier alpha value is -2.86. The van der Waals surface area contributed by atoms with Crippen LogP contribution in [0.2, 0.25) is 5.02 Å². The molecule has 160 valence electrons. The van der Waals surface area contributed by atoms with Crippen LogP contribution in [0.4, 0.5) is 10.5 Å².